The molecule has 0 amide bonds. The molecule has 0 spiro atoms. The van der Waals surface area contributed by atoms with Crippen LogP contribution in [0.2, 0.25) is 0 Å². The Morgan fingerprint density at radius 2 is 1.62 bits per heavy atom. The summed E-state index contributed by atoms with van der Waals surface area (Å²) in [5.41, 5.74) is 5.02. The Morgan fingerprint density at radius 3 is 2.21 bits per heavy atom. The monoisotopic (exact) mass is 538 g/mol. The Bertz CT molecular complexity index is 1160. The van der Waals surface area contributed by atoms with Gasteiger partial charge < -0.3 is 24.1 Å². The van der Waals surface area contributed by atoms with Crippen LogP contribution >= 0.6 is 0 Å². The summed E-state index contributed by atoms with van der Waals surface area (Å²) < 4.78 is 31.6. The van der Waals surface area contributed by atoms with Crippen molar-refractivity contribution >= 4 is 5.97 Å². The fraction of sp³-hybridized carbons (Fsp3) is 0.467. The van der Waals surface area contributed by atoms with Gasteiger partial charge in [0.15, 0.2) is 0 Å². The third kappa shape index (κ3) is 7.73. The average molecular weight is 539 g/mol. The van der Waals surface area contributed by atoms with E-state index < -0.39 is 0 Å². The Labute approximate surface area is 230 Å². The minimum Gasteiger partial charge on any atom is -0.461 e. The van der Waals surface area contributed by atoms with E-state index in [-0.39, 0.29) is 18.4 Å². The molecule has 2 aliphatic rings. The van der Waals surface area contributed by atoms with Crippen molar-refractivity contribution in [2.24, 2.45) is 7.05 Å². The zero-order valence-electron chi connectivity index (χ0n) is 23.0. The number of carbonyl (C=O) groups excluding carboxylic acids is 1. The molecule has 8 nitrogen and oxygen atoms in total. The minimum atomic E-state index is -0.380. The first-order valence-electron chi connectivity index (χ1n) is 13.7. The number of benzene rings is 1. The quantitative estimate of drug-likeness (QED) is 0.436. The topological polar surface area (TPSA) is 77.8 Å². The van der Waals surface area contributed by atoms with Crippen LogP contribution < -0.4 is 5.32 Å². The molecule has 0 bridgehead atoms. The van der Waals surface area contributed by atoms with E-state index in [1.807, 2.05) is 23.7 Å². The molecule has 1 aromatic carbocycles. The van der Waals surface area contributed by atoms with Crippen LogP contribution in [0.15, 0.2) is 48.8 Å². The van der Waals surface area contributed by atoms with Crippen molar-refractivity contribution < 1.29 is 23.4 Å². The lowest BCUT2D eigenvalue weighted by atomic mass is 9.94. The van der Waals surface area contributed by atoms with Gasteiger partial charge in [-0.3, -0.25) is 9.88 Å². The van der Waals surface area contributed by atoms with Crippen LogP contribution in [0.4, 0.5) is 4.39 Å². The van der Waals surface area contributed by atoms with E-state index in [9.17, 15) is 9.18 Å². The maximum absolute atomic E-state index is 13.7. The number of ether oxygens (including phenoxy) is 3. The summed E-state index contributed by atoms with van der Waals surface area (Å²) in [5.74, 6) is -0.697. The van der Waals surface area contributed by atoms with Crippen molar-refractivity contribution in [3.8, 4) is 22.3 Å². The zero-order chi connectivity index (χ0) is 27.5. The van der Waals surface area contributed by atoms with Crippen LogP contribution in [0, 0.1) is 5.82 Å². The highest BCUT2D eigenvalue weighted by molar-refractivity contribution is 6.02. The molecule has 0 unspecified atom stereocenters. The van der Waals surface area contributed by atoms with Crippen LogP contribution in [0.5, 0.6) is 0 Å². The SMILES string of the molecule is C1COCCN1.CCOC(=O)c1c(-c2ccc(F)cc2)c(-c2ccncc2)c(CCCN2CCOCC2)n1C. The highest BCUT2D eigenvalue weighted by atomic mass is 19.1. The number of hydrogen-bond acceptors (Lipinski definition) is 7. The van der Waals surface area contributed by atoms with E-state index >= 15 is 0 Å². The van der Waals surface area contributed by atoms with Crippen LogP contribution in [0.25, 0.3) is 22.3 Å². The van der Waals surface area contributed by atoms with Crippen LogP contribution in [-0.2, 0) is 27.7 Å². The van der Waals surface area contributed by atoms with Gasteiger partial charge >= 0.3 is 5.97 Å². The van der Waals surface area contributed by atoms with Gasteiger partial charge in [0.25, 0.3) is 0 Å². The van der Waals surface area contributed by atoms with Crippen LogP contribution in [-0.4, -0.2) is 86.2 Å². The number of aromatic nitrogens is 2. The second kappa shape index (κ2) is 14.9. The number of carbonyl (C=O) groups is 1. The number of rotatable bonds is 8. The summed E-state index contributed by atoms with van der Waals surface area (Å²) in [6.45, 7) is 10.3. The third-order valence-electron chi connectivity index (χ3n) is 6.92. The molecule has 0 radical (unpaired) electrons. The first-order chi connectivity index (χ1) is 19.1. The zero-order valence-corrected chi connectivity index (χ0v) is 23.0. The Balaban J connectivity index is 0.000000519. The number of halogens is 1. The number of nitrogens with one attached hydrogen (secondary N) is 1. The number of pyridine rings is 1. The summed E-state index contributed by atoms with van der Waals surface area (Å²) in [4.78, 5) is 19.7. The van der Waals surface area contributed by atoms with E-state index in [2.05, 4.69) is 15.2 Å². The van der Waals surface area contributed by atoms with Gasteiger partial charge in [-0.25, -0.2) is 9.18 Å². The Hall–Kier alpha value is -3.11. The van der Waals surface area contributed by atoms with E-state index in [0.29, 0.717) is 5.69 Å². The number of morpholine rings is 2. The van der Waals surface area contributed by atoms with E-state index in [1.54, 1.807) is 31.5 Å². The maximum Gasteiger partial charge on any atom is 0.355 e. The van der Waals surface area contributed by atoms with Gasteiger partial charge in [-0.15, -0.1) is 0 Å². The summed E-state index contributed by atoms with van der Waals surface area (Å²) in [6, 6.07) is 10.2. The predicted molar refractivity (Wildman–Crippen MR) is 149 cm³/mol. The van der Waals surface area contributed by atoms with Crippen molar-refractivity contribution in [1.82, 2.24) is 19.8 Å². The van der Waals surface area contributed by atoms with Crippen molar-refractivity contribution in [3.05, 3.63) is 66.0 Å². The maximum atomic E-state index is 13.7. The minimum absolute atomic E-state index is 0.282. The van der Waals surface area contributed by atoms with Crippen molar-refractivity contribution in [3.63, 3.8) is 0 Å². The van der Waals surface area contributed by atoms with E-state index in [0.717, 1.165) is 99.9 Å². The molecule has 39 heavy (non-hydrogen) atoms. The molecule has 4 heterocycles. The van der Waals surface area contributed by atoms with Gasteiger partial charge in [-0.05, 0) is 61.7 Å². The van der Waals surface area contributed by atoms with Crippen LogP contribution in [0.3, 0.4) is 0 Å². The molecule has 3 aromatic rings. The molecule has 210 valence electrons. The van der Waals surface area contributed by atoms with Gasteiger partial charge in [0.05, 0.1) is 33.0 Å². The van der Waals surface area contributed by atoms with E-state index in [1.165, 1.54) is 12.1 Å². The third-order valence-corrected chi connectivity index (χ3v) is 6.92. The molecule has 1 N–H and O–H groups in total. The molecule has 0 atom stereocenters. The molecular formula is C30H39FN4O4. The smallest absolute Gasteiger partial charge is 0.355 e. The summed E-state index contributed by atoms with van der Waals surface area (Å²) in [6.07, 6.45) is 5.23. The lowest BCUT2D eigenvalue weighted by molar-refractivity contribution is 0.0374. The molecule has 0 saturated carbocycles. The second-order valence-corrected chi connectivity index (χ2v) is 9.49. The van der Waals surface area contributed by atoms with Gasteiger partial charge in [0.2, 0.25) is 0 Å². The Kier molecular flexibility index (Phi) is 11.0. The number of nitrogens with zero attached hydrogens (tertiary/aromatic N) is 3. The molecule has 2 fully saturated rings. The lowest BCUT2D eigenvalue weighted by Crippen LogP contribution is -2.37. The first kappa shape index (κ1) is 28.9. The normalized spacial score (nSPS) is 15.9. The molecular weight excluding hydrogens is 499 g/mol. The summed E-state index contributed by atoms with van der Waals surface area (Å²) in [7, 11) is 1.91. The largest absolute Gasteiger partial charge is 0.461 e. The number of esters is 1. The van der Waals surface area contributed by atoms with Gasteiger partial charge in [0, 0.05) is 62.4 Å². The number of hydrogen-bond donors (Lipinski definition) is 1. The Morgan fingerprint density at radius 1 is 0.974 bits per heavy atom. The van der Waals surface area contributed by atoms with E-state index in [4.69, 9.17) is 14.2 Å². The van der Waals surface area contributed by atoms with Gasteiger partial charge in [-0.2, -0.15) is 0 Å². The fourth-order valence-corrected chi connectivity index (χ4v) is 5.00. The summed E-state index contributed by atoms with van der Waals surface area (Å²) >= 11 is 0. The van der Waals surface area contributed by atoms with Gasteiger partial charge in [0.1, 0.15) is 11.5 Å². The highest BCUT2D eigenvalue weighted by Crippen LogP contribution is 2.40. The molecule has 2 aliphatic heterocycles. The van der Waals surface area contributed by atoms with Crippen molar-refractivity contribution in [2.75, 3.05) is 65.8 Å². The predicted octanol–water partition coefficient (Wildman–Crippen LogP) is 3.94. The molecule has 0 aliphatic carbocycles. The second-order valence-electron chi connectivity index (χ2n) is 9.49. The van der Waals surface area contributed by atoms with Crippen molar-refractivity contribution in [1.29, 1.82) is 0 Å². The first-order valence-corrected chi connectivity index (χ1v) is 13.7. The molecule has 5 rings (SSSR count). The highest BCUT2D eigenvalue weighted by Gasteiger charge is 2.28. The van der Waals surface area contributed by atoms with Crippen molar-refractivity contribution in [2.45, 2.75) is 19.8 Å². The lowest BCUT2D eigenvalue weighted by Gasteiger charge is -2.26. The fourth-order valence-electron chi connectivity index (χ4n) is 5.00. The van der Waals surface area contributed by atoms with Crippen LogP contribution in [0.1, 0.15) is 29.5 Å². The standard InChI is InChI=1S/C26H30FN3O3.C4H9NO/c1-3-33-26(31)25-24(19-6-8-21(27)9-7-19)23(20-10-12-28-13-11-20)22(29(25)2)5-4-14-30-15-17-32-18-16-30;1-3-6-4-2-5-1/h6-13H,3-5,14-18H2,1-2H3;5H,1-4H2. The molecule has 9 heteroatoms. The molecule has 2 saturated heterocycles. The molecule has 2 aromatic heterocycles. The van der Waals surface area contributed by atoms with Gasteiger partial charge in [-0.1, -0.05) is 12.1 Å². The average Bonchev–Trinajstić information content (AvgIpc) is 3.27. The summed E-state index contributed by atoms with van der Waals surface area (Å²) in [5, 5.41) is 3.16.